The number of rotatable bonds is 5. The van der Waals surface area contributed by atoms with Crippen LogP contribution in [0.4, 0.5) is 4.39 Å². The second-order valence-corrected chi connectivity index (χ2v) is 10.3. The molecule has 5 aromatic rings. The van der Waals surface area contributed by atoms with Gasteiger partial charge in [0.2, 0.25) is 5.88 Å². The van der Waals surface area contributed by atoms with Gasteiger partial charge in [-0.3, -0.25) is 9.67 Å². The Morgan fingerprint density at radius 2 is 1.86 bits per heavy atom. The molecule has 2 bridgehead atoms. The van der Waals surface area contributed by atoms with Crippen LogP contribution in [0.15, 0.2) is 59.4 Å². The lowest BCUT2D eigenvalue weighted by Crippen LogP contribution is -2.39. The molecule has 8 rings (SSSR count). The van der Waals surface area contributed by atoms with Gasteiger partial charge in [0.25, 0.3) is 0 Å². The van der Waals surface area contributed by atoms with Gasteiger partial charge < -0.3 is 4.42 Å². The Kier molecular flexibility index (Phi) is 5.01. The normalized spacial score (nSPS) is 23.5. The number of halogens is 1. The van der Waals surface area contributed by atoms with Crippen molar-refractivity contribution in [2.45, 2.75) is 39.0 Å². The van der Waals surface area contributed by atoms with Crippen LogP contribution in [0.2, 0.25) is 0 Å². The molecule has 0 radical (unpaired) electrons. The van der Waals surface area contributed by atoms with E-state index in [2.05, 4.69) is 22.1 Å². The maximum absolute atomic E-state index is 14.0. The molecular formula is C28H27FN6O. The zero-order valence-corrected chi connectivity index (χ0v) is 20.1. The first-order valence-electron chi connectivity index (χ1n) is 12.7. The minimum Gasteiger partial charge on any atom is -0.438 e. The summed E-state index contributed by atoms with van der Waals surface area (Å²) in [6.07, 6.45) is 11.3. The van der Waals surface area contributed by atoms with Crippen LogP contribution in [0, 0.1) is 29.5 Å². The van der Waals surface area contributed by atoms with Crippen LogP contribution in [0.5, 0.6) is 0 Å². The fourth-order valence-electron chi connectivity index (χ4n) is 6.44. The molecule has 0 amide bonds. The number of hydrogen-bond donors (Lipinski definition) is 1. The molecule has 7 nitrogen and oxygen atoms in total. The Morgan fingerprint density at radius 3 is 2.67 bits per heavy atom. The summed E-state index contributed by atoms with van der Waals surface area (Å²) in [4.78, 5) is 13.9. The fraction of sp³-hybridized carbons (Fsp3) is 0.357. The SMILES string of the molecule is CC1C2CCC(CC2)C1Cc1cc(-c2ccc(-n3cccc3)o2)nc(-c2[nH]nc3ncc(F)cc23)n1. The molecule has 182 valence electrons. The van der Waals surface area contributed by atoms with Gasteiger partial charge >= 0.3 is 0 Å². The maximum atomic E-state index is 14.0. The molecule has 5 aromatic heterocycles. The smallest absolute Gasteiger partial charge is 0.204 e. The molecule has 8 heteroatoms. The molecule has 3 fully saturated rings. The Bertz CT molecular complexity index is 1530. The molecule has 1 N–H and O–H groups in total. The van der Waals surface area contributed by atoms with E-state index < -0.39 is 5.82 Å². The summed E-state index contributed by atoms with van der Waals surface area (Å²) in [5, 5.41) is 7.81. The van der Waals surface area contributed by atoms with Crippen LogP contribution in [0.25, 0.3) is 39.9 Å². The largest absolute Gasteiger partial charge is 0.438 e. The Balaban J connectivity index is 1.33. The highest BCUT2D eigenvalue weighted by atomic mass is 19.1. The lowest BCUT2D eigenvalue weighted by molar-refractivity contribution is 0.0339. The van der Waals surface area contributed by atoms with E-state index in [-0.39, 0.29) is 0 Å². The summed E-state index contributed by atoms with van der Waals surface area (Å²) in [7, 11) is 0. The van der Waals surface area contributed by atoms with Crippen molar-refractivity contribution in [1.29, 1.82) is 0 Å². The molecule has 0 aromatic carbocycles. The maximum Gasteiger partial charge on any atom is 0.204 e. The van der Waals surface area contributed by atoms with Crippen molar-refractivity contribution < 1.29 is 8.81 Å². The predicted molar refractivity (Wildman–Crippen MR) is 134 cm³/mol. The number of H-pyrrole nitrogens is 1. The van der Waals surface area contributed by atoms with E-state index in [0.717, 1.165) is 24.0 Å². The Morgan fingerprint density at radius 1 is 1.06 bits per heavy atom. The Labute approximate surface area is 207 Å². The van der Waals surface area contributed by atoms with Crippen molar-refractivity contribution in [3.05, 3.63) is 66.5 Å². The van der Waals surface area contributed by atoms with E-state index in [4.69, 9.17) is 14.4 Å². The number of fused-ring (bicyclic) bond motifs is 4. The van der Waals surface area contributed by atoms with Crippen molar-refractivity contribution in [3.63, 3.8) is 0 Å². The topological polar surface area (TPSA) is 85.4 Å². The van der Waals surface area contributed by atoms with Gasteiger partial charge in [0.05, 0.1) is 11.6 Å². The third-order valence-electron chi connectivity index (χ3n) is 8.37. The van der Waals surface area contributed by atoms with Crippen LogP contribution < -0.4 is 0 Å². The van der Waals surface area contributed by atoms with Gasteiger partial charge in [-0.05, 0) is 86.1 Å². The zero-order chi connectivity index (χ0) is 24.2. The molecular weight excluding hydrogens is 455 g/mol. The third-order valence-corrected chi connectivity index (χ3v) is 8.37. The van der Waals surface area contributed by atoms with E-state index >= 15 is 0 Å². The summed E-state index contributed by atoms with van der Waals surface area (Å²) in [5.41, 5.74) is 2.68. The first-order valence-corrected chi connectivity index (χ1v) is 12.7. The zero-order valence-electron chi connectivity index (χ0n) is 20.1. The number of nitrogens with zero attached hydrogens (tertiary/aromatic N) is 5. The van der Waals surface area contributed by atoms with Gasteiger partial charge in [-0.1, -0.05) is 6.92 Å². The van der Waals surface area contributed by atoms with Gasteiger partial charge in [-0.2, -0.15) is 5.10 Å². The quantitative estimate of drug-likeness (QED) is 0.321. The predicted octanol–water partition coefficient (Wildman–Crippen LogP) is 6.22. The molecule has 0 spiro atoms. The van der Waals surface area contributed by atoms with E-state index in [1.807, 2.05) is 47.3 Å². The van der Waals surface area contributed by atoms with E-state index in [1.54, 1.807) is 0 Å². The standard InChI is InChI=1S/C28H27FN6O/c1-16-17-4-6-18(7-5-17)21(16)13-20-14-23(24-8-9-25(36-24)35-10-2-3-11-35)32-28(31-20)26-22-12-19(29)15-30-27(22)34-33-26/h2-3,8-12,14-18,21H,4-7,13H2,1H3,(H,30,33,34). The van der Waals surface area contributed by atoms with Gasteiger partial charge in [0.15, 0.2) is 17.2 Å². The highest BCUT2D eigenvalue weighted by Gasteiger charge is 2.41. The molecule has 36 heavy (non-hydrogen) atoms. The van der Waals surface area contributed by atoms with E-state index in [1.165, 1.54) is 37.9 Å². The van der Waals surface area contributed by atoms with Gasteiger partial charge in [-0.25, -0.2) is 19.3 Å². The van der Waals surface area contributed by atoms with Crippen molar-refractivity contribution in [1.82, 2.24) is 29.7 Å². The average Bonchev–Trinajstić information content (AvgIpc) is 3.67. The minimum absolute atomic E-state index is 0.420. The number of aromatic nitrogens is 6. The third kappa shape index (κ3) is 3.63. The minimum atomic E-state index is -0.420. The highest BCUT2D eigenvalue weighted by molar-refractivity contribution is 5.88. The van der Waals surface area contributed by atoms with Crippen LogP contribution >= 0.6 is 0 Å². The second-order valence-electron chi connectivity index (χ2n) is 10.3. The monoisotopic (exact) mass is 482 g/mol. The highest BCUT2D eigenvalue weighted by Crippen LogP contribution is 2.49. The van der Waals surface area contributed by atoms with Crippen molar-refractivity contribution in [2.24, 2.45) is 23.7 Å². The average molecular weight is 483 g/mol. The van der Waals surface area contributed by atoms with Crippen LogP contribution in [-0.2, 0) is 6.42 Å². The number of nitrogens with one attached hydrogen (secondary N) is 1. The van der Waals surface area contributed by atoms with E-state index in [9.17, 15) is 4.39 Å². The van der Waals surface area contributed by atoms with Crippen molar-refractivity contribution >= 4 is 11.0 Å². The number of hydrogen-bond acceptors (Lipinski definition) is 5. The van der Waals surface area contributed by atoms with E-state index in [0.29, 0.717) is 51.7 Å². The molecule has 0 saturated heterocycles. The van der Waals surface area contributed by atoms with Gasteiger partial charge in [0.1, 0.15) is 17.2 Å². The van der Waals surface area contributed by atoms with Crippen LogP contribution in [-0.4, -0.2) is 29.7 Å². The number of pyridine rings is 1. The Hall–Kier alpha value is -3.81. The summed E-state index contributed by atoms with van der Waals surface area (Å²) in [6, 6.07) is 11.3. The fourth-order valence-corrected chi connectivity index (χ4v) is 6.44. The molecule has 2 atom stereocenters. The first kappa shape index (κ1) is 21.5. The molecule has 0 aliphatic heterocycles. The summed E-state index contributed by atoms with van der Waals surface area (Å²) < 4.78 is 22.2. The number of furan rings is 1. The summed E-state index contributed by atoms with van der Waals surface area (Å²) in [6.45, 7) is 2.41. The summed E-state index contributed by atoms with van der Waals surface area (Å²) in [5.74, 6) is 4.30. The van der Waals surface area contributed by atoms with Crippen molar-refractivity contribution in [2.75, 3.05) is 0 Å². The summed E-state index contributed by atoms with van der Waals surface area (Å²) >= 11 is 0. The van der Waals surface area contributed by atoms with Gasteiger partial charge in [-0.15, -0.1) is 0 Å². The van der Waals surface area contributed by atoms with Crippen LogP contribution in [0.3, 0.4) is 0 Å². The molecule has 5 heterocycles. The first-order chi connectivity index (χ1) is 17.6. The lowest BCUT2D eigenvalue weighted by Gasteiger charge is -2.47. The second kappa shape index (κ2) is 8.40. The molecule has 2 unspecified atom stereocenters. The number of aromatic amines is 1. The van der Waals surface area contributed by atoms with Gasteiger partial charge in [0, 0.05) is 24.2 Å². The lowest BCUT2D eigenvalue weighted by atomic mass is 9.58. The molecule has 3 aliphatic carbocycles. The van der Waals surface area contributed by atoms with Crippen LogP contribution in [0.1, 0.15) is 38.3 Å². The van der Waals surface area contributed by atoms with Crippen molar-refractivity contribution in [3.8, 4) is 28.9 Å². The molecule has 3 saturated carbocycles. The molecule has 3 aliphatic rings.